The van der Waals surface area contributed by atoms with E-state index < -0.39 is 38.1 Å². The minimum atomic E-state index is -3.98. The summed E-state index contributed by atoms with van der Waals surface area (Å²) in [6.45, 7) is 10.8. The average molecular weight is 761 g/mol. The highest BCUT2D eigenvalue weighted by atomic mass is 32.2. The normalized spacial score (nSPS) is 17.5. The molecule has 16 heteroatoms. The topological polar surface area (TPSA) is 200 Å². The van der Waals surface area contributed by atoms with Crippen molar-refractivity contribution in [1.29, 1.82) is 0 Å². The first-order valence-corrected chi connectivity index (χ1v) is 20.6. The van der Waals surface area contributed by atoms with Crippen molar-refractivity contribution in [3.05, 3.63) is 70.8 Å². The summed E-state index contributed by atoms with van der Waals surface area (Å²) < 4.78 is 52.8. The van der Waals surface area contributed by atoms with Crippen LogP contribution in [0.15, 0.2) is 69.5 Å². The van der Waals surface area contributed by atoms with Crippen LogP contribution in [0.5, 0.6) is 0 Å². The summed E-state index contributed by atoms with van der Waals surface area (Å²) >= 11 is 0. The van der Waals surface area contributed by atoms with E-state index in [0.29, 0.717) is 44.0 Å². The standard InChI is InChI=1S/C24H34N4O5S.C12H18N2O3S/c1-4-21-17(3)15-28(22(21)29)24(31)25-14-13-18-7-11-20(12-8-18)34(32,33)27-23(30)26-19-9-5-16(2)6-10-19;1-3-4-9-13-12(15)14-18(16,17)11-7-5-10(2)6-8-11/h7-8,11-12,16,19H,4-6,9-10,13-15H2,1-3H3,(H,25,31)(H2,26,27,30);5-8H,3-4,9H2,1-2H3,(H2,13,14,15). The molecule has 2 aliphatic rings. The number of hydrogen-bond acceptors (Lipinski definition) is 8. The van der Waals surface area contributed by atoms with Crippen LogP contribution in [0.2, 0.25) is 0 Å². The van der Waals surface area contributed by atoms with E-state index in [2.05, 4.69) is 27.6 Å². The zero-order valence-electron chi connectivity index (χ0n) is 30.6. The number of benzene rings is 2. The Balaban J connectivity index is 0.000000341. The molecule has 4 rings (SSSR count). The van der Waals surface area contributed by atoms with Crippen LogP contribution in [-0.4, -0.2) is 71.4 Å². The third-order valence-corrected chi connectivity index (χ3v) is 11.6. The molecule has 14 nitrogen and oxygen atoms in total. The molecule has 0 spiro atoms. The molecule has 0 radical (unpaired) electrons. The lowest BCUT2D eigenvalue weighted by molar-refractivity contribution is -0.123. The molecule has 0 atom stereocenters. The number of unbranched alkanes of at least 4 members (excludes halogenated alkanes) is 1. The van der Waals surface area contributed by atoms with Crippen LogP contribution in [0, 0.1) is 12.8 Å². The van der Waals surface area contributed by atoms with E-state index in [1.165, 1.54) is 29.2 Å². The minimum absolute atomic E-state index is 0.00639. The van der Waals surface area contributed by atoms with Gasteiger partial charge in [-0.3, -0.25) is 9.69 Å². The maximum Gasteiger partial charge on any atom is 0.328 e. The maximum absolute atomic E-state index is 12.5. The second-order valence-corrected chi connectivity index (χ2v) is 16.6. The van der Waals surface area contributed by atoms with E-state index in [1.54, 1.807) is 24.3 Å². The smallest absolute Gasteiger partial charge is 0.328 e. The van der Waals surface area contributed by atoms with Gasteiger partial charge in [-0.15, -0.1) is 0 Å². The number of urea groups is 3. The summed E-state index contributed by atoms with van der Waals surface area (Å²) in [6.07, 6.45) is 6.55. The Morgan fingerprint density at radius 2 is 1.33 bits per heavy atom. The first-order chi connectivity index (χ1) is 24.6. The molecule has 1 aliphatic carbocycles. The largest absolute Gasteiger partial charge is 0.337 e. The number of carbonyl (C=O) groups is 4. The average Bonchev–Trinajstić information content (AvgIpc) is 3.38. The fourth-order valence-electron chi connectivity index (χ4n) is 5.72. The van der Waals surface area contributed by atoms with Crippen molar-refractivity contribution < 1.29 is 36.0 Å². The van der Waals surface area contributed by atoms with Crippen LogP contribution < -0.4 is 25.4 Å². The number of aryl methyl sites for hydroxylation is 1. The summed E-state index contributed by atoms with van der Waals surface area (Å²) in [5.74, 6) is 0.385. The number of carbonyl (C=O) groups excluding carboxylic acids is 4. The summed E-state index contributed by atoms with van der Waals surface area (Å²) in [5, 5.41) is 7.98. The van der Waals surface area contributed by atoms with Gasteiger partial charge in [0.2, 0.25) is 0 Å². The lowest BCUT2D eigenvalue weighted by Crippen LogP contribution is -2.45. The van der Waals surface area contributed by atoms with Gasteiger partial charge in [-0.2, -0.15) is 0 Å². The molecule has 1 heterocycles. The van der Waals surface area contributed by atoms with Crippen LogP contribution in [0.25, 0.3) is 0 Å². The molecule has 2 aromatic carbocycles. The summed E-state index contributed by atoms with van der Waals surface area (Å²) in [5.41, 5.74) is 3.37. The molecule has 1 saturated carbocycles. The van der Waals surface area contributed by atoms with Gasteiger partial charge < -0.3 is 16.0 Å². The second-order valence-electron chi connectivity index (χ2n) is 13.2. The Morgan fingerprint density at radius 1 is 0.769 bits per heavy atom. The van der Waals surface area contributed by atoms with Gasteiger partial charge in [0.15, 0.2) is 0 Å². The lowest BCUT2D eigenvalue weighted by Gasteiger charge is -2.26. The van der Waals surface area contributed by atoms with Crippen LogP contribution in [0.4, 0.5) is 14.4 Å². The molecule has 0 unspecified atom stereocenters. The predicted octanol–water partition coefficient (Wildman–Crippen LogP) is 4.86. The molecule has 5 N–H and O–H groups in total. The molecule has 0 aromatic heterocycles. The highest BCUT2D eigenvalue weighted by Gasteiger charge is 2.31. The SMILES string of the molecule is CCC1=C(C)CN(C(=O)NCCc2ccc(S(=O)(=O)NC(=O)NC3CCC(C)CC3)cc2)C1=O.CCCCNC(=O)NS(=O)(=O)c1ccc(C)cc1. The van der Waals surface area contributed by atoms with Gasteiger partial charge in [0.1, 0.15) is 0 Å². The Labute approximate surface area is 307 Å². The number of rotatable bonds is 12. The Kier molecular flexibility index (Phi) is 15.7. The van der Waals surface area contributed by atoms with Gasteiger partial charge in [-0.05, 0) is 100 Å². The van der Waals surface area contributed by atoms with Crippen LogP contribution in [0.3, 0.4) is 0 Å². The molecule has 286 valence electrons. The quantitative estimate of drug-likeness (QED) is 0.189. The molecule has 52 heavy (non-hydrogen) atoms. The van der Waals surface area contributed by atoms with E-state index >= 15 is 0 Å². The number of hydrogen-bond donors (Lipinski definition) is 5. The lowest BCUT2D eigenvalue weighted by atomic mass is 9.87. The predicted molar refractivity (Wildman–Crippen MR) is 198 cm³/mol. The molecule has 0 bridgehead atoms. The monoisotopic (exact) mass is 760 g/mol. The van der Waals surface area contributed by atoms with E-state index in [9.17, 15) is 36.0 Å². The molecule has 1 fully saturated rings. The zero-order valence-corrected chi connectivity index (χ0v) is 32.2. The van der Waals surface area contributed by atoms with Crippen LogP contribution in [-0.2, 0) is 31.3 Å². The third kappa shape index (κ3) is 12.7. The van der Waals surface area contributed by atoms with Crippen molar-refractivity contribution in [2.75, 3.05) is 19.6 Å². The van der Waals surface area contributed by atoms with Crippen molar-refractivity contribution in [2.45, 2.75) is 102 Å². The Morgan fingerprint density at radius 3 is 1.87 bits per heavy atom. The minimum Gasteiger partial charge on any atom is -0.337 e. The highest BCUT2D eigenvalue weighted by molar-refractivity contribution is 7.90. The first-order valence-electron chi connectivity index (χ1n) is 17.6. The zero-order chi connectivity index (χ0) is 38.5. The van der Waals surface area contributed by atoms with Gasteiger partial charge in [-0.1, -0.05) is 57.0 Å². The fraction of sp³-hybridized carbons (Fsp3) is 0.500. The van der Waals surface area contributed by atoms with Crippen molar-refractivity contribution in [2.24, 2.45) is 5.92 Å². The van der Waals surface area contributed by atoms with Gasteiger partial charge in [0.05, 0.1) is 16.3 Å². The van der Waals surface area contributed by atoms with Crippen molar-refractivity contribution in [3.63, 3.8) is 0 Å². The van der Waals surface area contributed by atoms with Crippen molar-refractivity contribution in [3.8, 4) is 0 Å². The number of nitrogens with one attached hydrogen (secondary N) is 5. The van der Waals surface area contributed by atoms with Crippen molar-refractivity contribution in [1.82, 2.24) is 30.3 Å². The summed E-state index contributed by atoms with van der Waals surface area (Å²) in [4.78, 5) is 49.4. The molecule has 1 aliphatic heterocycles. The van der Waals surface area contributed by atoms with E-state index in [1.807, 2.05) is 32.4 Å². The van der Waals surface area contributed by atoms with Crippen molar-refractivity contribution >= 4 is 44.0 Å². The molecule has 0 saturated heterocycles. The van der Waals surface area contributed by atoms with Gasteiger partial charge in [-0.25, -0.2) is 40.7 Å². The van der Waals surface area contributed by atoms with Gasteiger partial charge >= 0.3 is 18.1 Å². The molecule has 2 aromatic rings. The van der Waals surface area contributed by atoms with Crippen LogP contribution in [0.1, 0.15) is 83.8 Å². The number of imide groups is 1. The Bertz CT molecular complexity index is 1800. The summed E-state index contributed by atoms with van der Waals surface area (Å²) in [7, 11) is -7.76. The summed E-state index contributed by atoms with van der Waals surface area (Å²) in [6, 6.07) is 10.6. The fourth-order valence-corrected chi connectivity index (χ4v) is 7.57. The van der Waals surface area contributed by atoms with E-state index in [-0.39, 0.29) is 21.7 Å². The Hall–Kier alpha value is -4.44. The van der Waals surface area contributed by atoms with Gasteiger partial charge in [0, 0.05) is 24.7 Å². The van der Waals surface area contributed by atoms with Crippen LogP contribution >= 0.6 is 0 Å². The number of amides is 7. The molecular weight excluding hydrogens is 709 g/mol. The third-order valence-electron chi connectivity index (χ3n) is 8.89. The first kappa shape index (κ1) is 42.0. The van der Waals surface area contributed by atoms with E-state index in [4.69, 9.17) is 0 Å². The number of nitrogens with zero attached hydrogens (tertiary/aromatic N) is 1. The highest BCUT2D eigenvalue weighted by Crippen LogP contribution is 2.24. The maximum atomic E-state index is 12.5. The number of sulfonamides is 2. The second kappa shape index (κ2) is 19.4. The molecular formula is C36H52N6O8S2. The van der Waals surface area contributed by atoms with E-state index in [0.717, 1.165) is 55.2 Å². The van der Waals surface area contributed by atoms with Gasteiger partial charge in [0.25, 0.3) is 26.0 Å². The molecule has 7 amide bonds.